The van der Waals surface area contributed by atoms with Crippen molar-refractivity contribution in [2.75, 3.05) is 5.32 Å². The Balaban J connectivity index is 1.88. The number of anilines is 1. The Labute approximate surface area is 141 Å². The van der Waals surface area contributed by atoms with Gasteiger partial charge in [0.2, 0.25) is 0 Å². The standard InChI is InChI=1S/C18H22N2O4/c1-12-5-10-15(23-12)11-19-16(21)13-6-8-14(9-7-13)20-17(22)24-18(2,3)4/h5-10H,11H2,1-4H3,(H,19,21)(H,20,22). The van der Waals surface area contributed by atoms with E-state index in [1.54, 1.807) is 45.0 Å². The molecule has 0 aliphatic carbocycles. The van der Waals surface area contributed by atoms with Crippen LogP contribution in [0.25, 0.3) is 0 Å². The third-order valence-corrected chi connectivity index (χ3v) is 3.01. The molecule has 0 spiro atoms. The quantitative estimate of drug-likeness (QED) is 0.892. The summed E-state index contributed by atoms with van der Waals surface area (Å²) in [5.41, 5.74) is 0.490. The van der Waals surface area contributed by atoms with E-state index >= 15 is 0 Å². The van der Waals surface area contributed by atoms with Crippen molar-refractivity contribution >= 4 is 17.7 Å². The Morgan fingerprint density at radius 1 is 1.08 bits per heavy atom. The largest absolute Gasteiger partial charge is 0.465 e. The third-order valence-electron chi connectivity index (χ3n) is 3.01. The molecule has 128 valence electrons. The second-order valence-corrected chi connectivity index (χ2v) is 6.40. The maximum absolute atomic E-state index is 12.1. The average molecular weight is 330 g/mol. The van der Waals surface area contributed by atoms with Crippen LogP contribution >= 0.6 is 0 Å². The molecule has 6 heteroatoms. The molecule has 1 heterocycles. The van der Waals surface area contributed by atoms with Gasteiger partial charge in [-0.05, 0) is 64.1 Å². The first-order valence-corrected chi connectivity index (χ1v) is 7.66. The summed E-state index contributed by atoms with van der Waals surface area (Å²) >= 11 is 0. The summed E-state index contributed by atoms with van der Waals surface area (Å²) < 4.78 is 10.6. The minimum absolute atomic E-state index is 0.215. The molecule has 0 bridgehead atoms. The Hall–Kier alpha value is -2.76. The van der Waals surface area contributed by atoms with Crippen LogP contribution in [-0.2, 0) is 11.3 Å². The normalized spacial score (nSPS) is 11.0. The van der Waals surface area contributed by atoms with Crippen LogP contribution in [-0.4, -0.2) is 17.6 Å². The predicted octanol–water partition coefficient (Wildman–Crippen LogP) is 3.87. The molecular weight excluding hydrogens is 308 g/mol. The van der Waals surface area contributed by atoms with Gasteiger partial charge in [-0.3, -0.25) is 10.1 Å². The number of nitrogens with one attached hydrogen (secondary N) is 2. The maximum Gasteiger partial charge on any atom is 0.412 e. The Kier molecular flexibility index (Phi) is 5.28. The molecule has 0 aliphatic heterocycles. The van der Waals surface area contributed by atoms with Crippen LogP contribution in [0.4, 0.5) is 10.5 Å². The van der Waals surface area contributed by atoms with Crippen LogP contribution in [0.1, 0.15) is 42.6 Å². The highest BCUT2D eigenvalue weighted by molar-refractivity contribution is 5.95. The van der Waals surface area contributed by atoms with E-state index in [0.29, 0.717) is 23.6 Å². The van der Waals surface area contributed by atoms with Gasteiger partial charge < -0.3 is 14.5 Å². The van der Waals surface area contributed by atoms with Crippen LogP contribution in [0.3, 0.4) is 0 Å². The topological polar surface area (TPSA) is 80.6 Å². The van der Waals surface area contributed by atoms with Gasteiger partial charge in [0.1, 0.15) is 17.1 Å². The molecule has 0 saturated heterocycles. The van der Waals surface area contributed by atoms with E-state index in [2.05, 4.69) is 10.6 Å². The van der Waals surface area contributed by atoms with Gasteiger partial charge in [-0.15, -0.1) is 0 Å². The van der Waals surface area contributed by atoms with Crippen LogP contribution in [0.5, 0.6) is 0 Å². The molecule has 24 heavy (non-hydrogen) atoms. The first-order valence-electron chi connectivity index (χ1n) is 7.66. The minimum atomic E-state index is -0.561. The Morgan fingerprint density at radius 3 is 2.29 bits per heavy atom. The summed E-state index contributed by atoms with van der Waals surface area (Å²) in [6, 6.07) is 10.2. The number of hydrogen-bond acceptors (Lipinski definition) is 4. The van der Waals surface area contributed by atoms with E-state index in [4.69, 9.17) is 9.15 Å². The van der Waals surface area contributed by atoms with Gasteiger partial charge in [-0.25, -0.2) is 4.79 Å². The SMILES string of the molecule is Cc1ccc(CNC(=O)c2ccc(NC(=O)OC(C)(C)C)cc2)o1. The second-order valence-electron chi connectivity index (χ2n) is 6.40. The lowest BCUT2D eigenvalue weighted by molar-refractivity contribution is 0.0635. The molecule has 1 aromatic heterocycles. The number of furan rings is 1. The fourth-order valence-electron chi connectivity index (χ4n) is 1.98. The van der Waals surface area contributed by atoms with E-state index in [-0.39, 0.29) is 5.91 Å². The number of amides is 2. The molecule has 0 radical (unpaired) electrons. The first-order chi connectivity index (χ1) is 11.2. The lowest BCUT2D eigenvalue weighted by Gasteiger charge is -2.19. The van der Waals surface area contributed by atoms with Gasteiger partial charge >= 0.3 is 6.09 Å². The summed E-state index contributed by atoms with van der Waals surface area (Å²) in [7, 11) is 0. The molecule has 2 N–H and O–H groups in total. The molecule has 6 nitrogen and oxygen atoms in total. The number of rotatable bonds is 4. The highest BCUT2D eigenvalue weighted by Gasteiger charge is 2.16. The summed E-state index contributed by atoms with van der Waals surface area (Å²) in [5.74, 6) is 1.29. The molecule has 2 aromatic rings. The van der Waals surface area contributed by atoms with Crippen LogP contribution < -0.4 is 10.6 Å². The summed E-state index contributed by atoms with van der Waals surface area (Å²) in [6.45, 7) is 7.55. The van der Waals surface area contributed by atoms with Gasteiger partial charge in [0.15, 0.2) is 0 Å². The lowest BCUT2D eigenvalue weighted by atomic mass is 10.2. The van der Waals surface area contributed by atoms with E-state index in [1.807, 2.05) is 19.1 Å². The zero-order valence-electron chi connectivity index (χ0n) is 14.3. The van der Waals surface area contributed by atoms with E-state index in [9.17, 15) is 9.59 Å². The molecule has 0 saturated carbocycles. The van der Waals surface area contributed by atoms with Crippen molar-refractivity contribution in [1.29, 1.82) is 0 Å². The van der Waals surface area contributed by atoms with E-state index in [0.717, 1.165) is 5.76 Å². The van der Waals surface area contributed by atoms with Crippen molar-refractivity contribution in [2.45, 2.75) is 39.8 Å². The summed E-state index contributed by atoms with van der Waals surface area (Å²) in [5, 5.41) is 5.39. The Morgan fingerprint density at radius 2 is 1.75 bits per heavy atom. The monoisotopic (exact) mass is 330 g/mol. The second kappa shape index (κ2) is 7.21. The minimum Gasteiger partial charge on any atom is -0.465 e. The van der Waals surface area contributed by atoms with Crippen LogP contribution in [0.15, 0.2) is 40.8 Å². The van der Waals surface area contributed by atoms with Crippen molar-refractivity contribution < 1.29 is 18.7 Å². The number of carbonyl (C=O) groups is 2. The lowest BCUT2D eigenvalue weighted by Crippen LogP contribution is -2.27. The highest BCUT2D eigenvalue weighted by atomic mass is 16.6. The zero-order valence-corrected chi connectivity index (χ0v) is 14.3. The fourth-order valence-corrected chi connectivity index (χ4v) is 1.98. The van der Waals surface area contributed by atoms with Crippen LogP contribution in [0, 0.1) is 6.92 Å². The molecule has 0 unspecified atom stereocenters. The number of aryl methyl sites for hydroxylation is 1. The molecule has 1 aromatic carbocycles. The van der Waals surface area contributed by atoms with Crippen molar-refractivity contribution in [3.8, 4) is 0 Å². The predicted molar refractivity (Wildman–Crippen MR) is 90.9 cm³/mol. The van der Waals surface area contributed by atoms with Gasteiger partial charge in [-0.1, -0.05) is 0 Å². The summed E-state index contributed by atoms with van der Waals surface area (Å²) in [4.78, 5) is 23.8. The van der Waals surface area contributed by atoms with Crippen molar-refractivity contribution in [3.05, 3.63) is 53.5 Å². The number of hydrogen-bond donors (Lipinski definition) is 2. The van der Waals surface area contributed by atoms with Gasteiger partial charge in [0, 0.05) is 11.3 Å². The molecular formula is C18H22N2O4. The van der Waals surface area contributed by atoms with Crippen LogP contribution in [0.2, 0.25) is 0 Å². The van der Waals surface area contributed by atoms with Gasteiger partial charge in [0.05, 0.1) is 6.54 Å². The summed E-state index contributed by atoms with van der Waals surface area (Å²) in [6.07, 6.45) is -0.534. The molecule has 0 fully saturated rings. The van der Waals surface area contributed by atoms with Gasteiger partial charge in [0.25, 0.3) is 5.91 Å². The van der Waals surface area contributed by atoms with E-state index < -0.39 is 11.7 Å². The van der Waals surface area contributed by atoms with Crippen molar-refractivity contribution in [2.24, 2.45) is 0 Å². The fraction of sp³-hybridized carbons (Fsp3) is 0.333. The maximum atomic E-state index is 12.1. The number of benzene rings is 1. The average Bonchev–Trinajstić information content (AvgIpc) is 2.89. The van der Waals surface area contributed by atoms with Crippen molar-refractivity contribution in [3.63, 3.8) is 0 Å². The van der Waals surface area contributed by atoms with Crippen molar-refractivity contribution in [1.82, 2.24) is 5.32 Å². The molecule has 2 rings (SSSR count). The smallest absolute Gasteiger partial charge is 0.412 e. The number of ether oxygens (including phenoxy) is 1. The number of carbonyl (C=O) groups excluding carboxylic acids is 2. The third kappa shape index (κ3) is 5.46. The Bertz CT molecular complexity index is 711. The molecule has 0 atom stereocenters. The van der Waals surface area contributed by atoms with Gasteiger partial charge in [-0.2, -0.15) is 0 Å². The van der Waals surface area contributed by atoms with E-state index in [1.165, 1.54) is 0 Å². The highest BCUT2D eigenvalue weighted by Crippen LogP contribution is 2.13. The molecule has 0 aliphatic rings. The zero-order chi connectivity index (χ0) is 17.7. The first kappa shape index (κ1) is 17.6. The molecule has 2 amide bonds.